The van der Waals surface area contributed by atoms with Gasteiger partial charge in [0, 0.05) is 10.4 Å². The van der Waals surface area contributed by atoms with Gasteiger partial charge >= 0.3 is 0 Å². The zero-order valence-electron chi connectivity index (χ0n) is 14.6. The molecular weight excluding hydrogens is 362 g/mol. The predicted octanol–water partition coefficient (Wildman–Crippen LogP) is 4.27. The van der Waals surface area contributed by atoms with Gasteiger partial charge in [-0.1, -0.05) is 35.9 Å². The summed E-state index contributed by atoms with van der Waals surface area (Å²) in [5, 5.41) is 12.8. The quantitative estimate of drug-likeness (QED) is 0.417. The van der Waals surface area contributed by atoms with E-state index >= 15 is 0 Å². The third kappa shape index (κ3) is 3.08. The van der Waals surface area contributed by atoms with Gasteiger partial charge in [-0.05, 0) is 30.5 Å². The Morgan fingerprint density at radius 2 is 1.93 bits per heavy atom. The lowest BCUT2D eigenvalue weighted by molar-refractivity contribution is -0.140. The zero-order chi connectivity index (χ0) is 19.0. The Kier molecular flexibility index (Phi) is 4.41. The first-order valence-electron chi connectivity index (χ1n) is 8.47. The maximum Gasteiger partial charge on any atom is 0.296 e. The van der Waals surface area contributed by atoms with E-state index in [0.717, 1.165) is 10.4 Å². The highest BCUT2D eigenvalue weighted by Gasteiger charge is 2.47. The van der Waals surface area contributed by atoms with E-state index in [4.69, 9.17) is 4.42 Å². The molecule has 0 spiro atoms. The first kappa shape index (κ1) is 17.3. The van der Waals surface area contributed by atoms with Gasteiger partial charge in [0.15, 0.2) is 0 Å². The minimum Gasteiger partial charge on any atom is -0.507 e. The first-order valence-corrected chi connectivity index (χ1v) is 9.35. The van der Waals surface area contributed by atoms with Crippen LogP contribution in [0.3, 0.4) is 0 Å². The molecule has 1 aliphatic heterocycles. The predicted molar refractivity (Wildman–Crippen MR) is 102 cm³/mol. The molecule has 136 valence electrons. The van der Waals surface area contributed by atoms with E-state index in [2.05, 4.69) is 0 Å². The van der Waals surface area contributed by atoms with Gasteiger partial charge < -0.3 is 14.4 Å². The number of aliphatic hydroxyl groups is 1. The molecule has 3 heterocycles. The molecular formula is C21H17NO4S. The molecule has 0 aliphatic carbocycles. The van der Waals surface area contributed by atoms with Gasteiger partial charge in [0.2, 0.25) is 0 Å². The van der Waals surface area contributed by atoms with Crippen molar-refractivity contribution in [3.8, 4) is 0 Å². The fraction of sp³-hybridized carbons (Fsp3) is 0.143. The van der Waals surface area contributed by atoms with Crippen LogP contribution in [-0.2, 0) is 16.1 Å². The van der Waals surface area contributed by atoms with Crippen molar-refractivity contribution < 1.29 is 19.1 Å². The van der Waals surface area contributed by atoms with Crippen molar-refractivity contribution in [3.63, 3.8) is 0 Å². The largest absolute Gasteiger partial charge is 0.507 e. The molecule has 1 atom stereocenters. The number of benzene rings is 1. The third-order valence-electron chi connectivity index (χ3n) is 4.58. The van der Waals surface area contributed by atoms with Crippen LogP contribution in [0, 0.1) is 6.92 Å². The second-order valence-corrected chi connectivity index (χ2v) is 7.42. The fourth-order valence-electron chi connectivity index (χ4n) is 3.22. The van der Waals surface area contributed by atoms with Crippen molar-refractivity contribution in [1.82, 2.24) is 4.90 Å². The molecule has 2 aromatic heterocycles. The molecule has 0 saturated carbocycles. The van der Waals surface area contributed by atoms with Crippen molar-refractivity contribution >= 4 is 28.8 Å². The van der Waals surface area contributed by atoms with Crippen LogP contribution >= 0.6 is 11.3 Å². The number of likely N-dealkylation sites (tertiary alicyclic amines) is 1. The average molecular weight is 379 g/mol. The minimum absolute atomic E-state index is 0.0513. The zero-order valence-corrected chi connectivity index (χ0v) is 15.4. The average Bonchev–Trinajstić information content (AvgIpc) is 3.40. The molecule has 5 nitrogen and oxygen atoms in total. The maximum absolute atomic E-state index is 12.8. The molecule has 1 aliphatic rings. The summed E-state index contributed by atoms with van der Waals surface area (Å²) in [4.78, 5) is 27.9. The Labute approximate surface area is 160 Å². The number of carbonyl (C=O) groups is 2. The Hall–Kier alpha value is -3.12. The summed E-state index contributed by atoms with van der Waals surface area (Å²) in [6, 6.07) is 13.6. The Morgan fingerprint density at radius 3 is 2.56 bits per heavy atom. The van der Waals surface area contributed by atoms with Crippen molar-refractivity contribution in [1.29, 1.82) is 0 Å². The standard InChI is InChI=1S/C21H17NO4S/c1-13-6-8-14(9-7-13)19(23)17-18(16-5-2-10-26-16)22(21(25)20(17)24)12-15-4-3-11-27-15/h2-11,18,23H,12H2,1H3/b19-17-. The second-order valence-electron chi connectivity index (χ2n) is 6.39. The van der Waals surface area contributed by atoms with Crippen LogP contribution in [0.1, 0.15) is 27.8 Å². The Bertz CT molecular complexity index is 1000. The van der Waals surface area contributed by atoms with E-state index in [1.54, 1.807) is 24.3 Å². The van der Waals surface area contributed by atoms with Gasteiger partial charge in [0.25, 0.3) is 11.7 Å². The number of hydrogen-bond donors (Lipinski definition) is 1. The molecule has 4 rings (SSSR count). The molecule has 27 heavy (non-hydrogen) atoms. The summed E-state index contributed by atoms with van der Waals surface area (Å²) >= 11 is 1.51. The van der Waals surface area contributed by atoms with Crippen LogP contribution in [0.15, 0.2) is 70.2 Å². The summed E-state index contributed by atoms with van der Waals surface area (Å²) in [6.45, 7) is 2.21. The number of nitrogens with zero attached hydrogens (tertiary/aromatic N) is 1. The Morgan fingerprint density at radius 1 is 1.15 bits per heavy atom. The lowest BCUT2D eigenvalue weighted by atomic mass is 9.99. The highest BCUT2D eigenvalue weighted by molar-refractivity contribution is 7.09. The number of aryl methyl sites for hydroxylation is 1. The lowest BCUT2D eigenvalue weighted by Crippen LogP contribution is -2.28. The molecule has 1 fully saturated rings. The smallest absolute Gasteiger partial charge is 0.296 e. The summed E-state index contributed by atoms with van der Waals surface area (Å²) in [5.74, 6) is -1.09. The minimum atomic E-state index is -0.761. The van der Waals surface area contributed by atoms with Crippen molar-refractivity contribution in [2.45, 2.75) is 19.5 Å². The van der Waals surface area contributed by atoms with E-state index in [9.17, 15) is 14.7 Å². The SMILES string of the molecule is Cc1ccc(/C(O)=C2/C(=O)C(=O)N(Cc3cccs3)C2c2ccco2)cc1. The molecule has 0 radical (unpaired) electrons. The van der Waals surface area contributed by atoms with Gasteiger partial charge in [-0.2, -0.15) is 0 Å². The first-order chi connectivity index (χ1) is 13.1. The van der Waals surface area contributed by atoms with Crippen LogP contribution in [0.5, 0.6) is 0 Å². The summed E-state index contributed by atoms with van der Waals surface area (Å²) in [7, 11) is 0. The lowest BCUT2D eigenvalue weighted by Gasteiger charge is -2.22. The number of thiophene rings is 1. The number of carbonyl (C=O) groups excluding carboxylic acids is 2. The van der Waals surface area contributed by atoms with Crippen LogP contribution < -0.4 is 0 Å². The maximum atomic E-state index is 12.8. The molecule has 1 aromatic carbocycles. The van der Waals surface area contributed by atoms with Crippen LogP contribution in [0.25, 0.3) is 5.76 Å². The summed E-state index contributed by atoms with van der Waals surface area (Å²) < 4.78 is 5.51. The molecule has 6 heteroatoms. The molecule has 1 N–H and O–H groups in total. The van der Waals surface area contributed by atoms with E-state index < -0.39 is 17.7 Å². The van der Waals surface area contributed by atoms with Crippen molar-refractivity contribution in [2.75, 3.05) is 0 Å². The van der Waals surface area contributed by atoms with Gasteiger partial charge in [-0.25, -0.2) is 0 Å². The number of ketones is 1. The normalized spacial score (nSPS) is 19.0. The fourth-order valence-corrected chi connectivity index (χ4v) is 3.93. The summed E-state index contributed by atoms with van der Waals surface area (Å²) in [6.07, 6.45) is 1.49. The van der Waals surface area contributed by atoms with Crippen LogP contribution in [-0.4, -0.2) is 21.7 Å². The molecule has 1 saturated heterocycles. The Balaban J connectivity index is 1.83. The van der Waals surface area contributed by atoms with Crippen molar-refractivity contribution in [2.24, 2.45) is 0 Å². The van der Waals surface area contributed by atoms with Crippen molar-refractivity contribution in [3.05, 3.63) is 87.5 Å². The molecule has 3 aromatic rings. The second kappa shape index (κ2) is 6.89. The highest BCUT2D eigenvalue weighted by atomic mass is 32.1. The summed E-state index contributed by atoms with van der Waals surface area (Å²) in [5.41, 5.74) is 1.58. The topological polar surface area (TPSA) is 70.8 Å². The van der Waals surface area contributed by atoms with E-state index in [0.29, 0.717) is 11.3 Å². The third-order valence-corrected chi connectivity index (χ3v) is 5.45. The van der Waals surface area contributed by atoms with E-state index in [1.807, 2.05) is 36.6 Å². The number of hydrogen-bond acceptors (Lipinski definition) is 5. The van der Waals surface area contributed by atoms with Crippen LogP contribution in [0.4, 0.5) is 0 Å². The molecule has 1 unspecified atom stereocenters. The number of aliphatic hydroxyl groups excluding tert-OH is 1. The van der Waals surface area contributed by atoms with E-state index in [1.165, 1.54) is 22.5 Å². The number of furan rings is 1. The monoisotopic (exact) mass is 379 g/mol. The van der Waals surface area contributed by atoms with Crippen LogP contribution in [0.2, 0.25) is 0 Å². The highest BCUT2D eigenvalue weighted by Crippen LogP contribution is 2.40. The van der Waals surface area contributed by atoms with Gasteiger partial charge in [0.05, 0.1) is 18.4 Å². The molecule has 0 bridgehead atoms. The number of Topliss-reactive ketones (excluding diaryl/α,β-unsaturated/α-hetero) is 1. The van der Waals surface area contributed by atoms with Gasteiger partial charge in [0.1, 0.15) is 17.6 Å². The van der Waals surface area contributed by atoms with Gasteiger partial charge in [-0.3, -0.25) is 9.59 Å². The number of amides is 1. The van der Waals surface area contributed by atoms with Gasteiger partial charge in [-0.15, -0.1) is 11.3 Å². The van der Waals surface area contributed by atoms with E-state index in [-0.39, 0.29) is 17.9 Å². The number of rotatable bonds is 4. The molecule has 1 amide bonds.